The van der Waals surface area contributed by atoms with Crippen molar-refractivity contribution in [2.24, 2.45) is 0 Å². The summed E-state index contributed by atoms with van der Waals surface area (Å²) in [6, 6.07) is 58.9. The van der Waals surface area contributed by atoms with Crippen LogP contribution in [-0.2, 0) is 0 Å². The molecule has 0 radical (unpaired) electrons. The largest absolute Gasteiger partial charge is 0.309 e. The van der Waals surface area contributed by atoms with Crippen LogP contribution in [0, 0.1) is 0 Å². The van der Waals surface area contributed by atoms with Crippen molar-refractivity contribution in [3.05, 3.63) is 170 Å². The van der Waals surface area contributed by atoms with Crippen molar-refractivity contribution in [2.75, 3.05) is 0 Å². The lowest BCUT2D eigenvalue weighted by Gasteiger charge is -2.11. The summed E-state index contributed by atoms with van der Waals surface area (Å²) >= 11 is 1.74. The van der Waals surface area contributed by atoms with E-state index in [9.17, 15) is 0 Å². The molecule has 0 unspecified atom stereocenters. The van der Waals surface area contributed by atoms with Gasteiger partial charge in [0, 0.05) is 37.3 Å². The molecule has 5 heteroatoms. The van der Waals surface area contributed by atoms with E-state index in [2.05, 4.69) is 173 Å². The Balaban J connectivity index is 1.10. The second-order valence-electron chi connectivity index (χ2n) is 13.1. The lowest BCUT2D eigenvalue weighted by Crippen LogP contribution is -2.00. The molecule has 0 saturated carbocycles. The van der Waals surface area contributed by atoms with E-state index in [0.29, 0.717) is 5.95 Å². The summed E-state index contributed by atoms with van der Waals surface area (Å²) in [6.45, 7) is 0. The smallest absolute Gasteiger partial charge is 0.235 e. The minimum absolute atomic E-state index is 0.686. The molecule has 0 fully saturated rings. The monoisotopic (exact) mass is 668 g/mol. The van der Waals surface area contributed by atoms with E-state index in [1.165, 1.54) is 59.4 Å². The minimum Gasteiger partial charge on any atom is -0.309 e. The summed E-state index contributed by atoms with van der Waals surface area (Å²) in [5, 5.41) is 6.01. The van der Waals surface area contributed by atoms with Crippen LogP contribution in [0.15, 0.2) is 170 Å². The zero-order valence-corrected chi connectivity index (χ0v) is 28.2. The number of thiophene rings is 1. The number of para-hydroxylation sites is 2. The fraction of sp³-hybridized carbons (Fsp3) is 0. The van der Waals surface area contributed by atoms with Crippen molar-refractivity contribution in [1.29, 1.82) is 0 Å². The molecule has 7 aromatic carbocycles. The quantitative estimate of drug-likeness (QED) is 0.187. The van der Waals surface area contributed by atoms with Crippen molar-refractivity contribution in [3.8, 4) is 33.9 Å². The Morgan fingerprint density at radius 2 is 1.02 bits per heavy atom. The van der Waals surface area contributed by atoms with Crippen molar-refractivity contribution >= 4 is 75.3 Å². The highest BCUT2D eigenvalue weighted by atomic mass is 32.1. The average Bonchev–Trinajstić information content (AvgIpc) is 3.85. The molecule has 0 spiro atoms. The van der Waals surface area contributed by atoms with Gasteiger partial charge < -0.3 is 4.57 Å². The first-order valence-corrected chi connectivity index (χ1v) is 18.0. The predicted molar refractivity (Wildman–Crippen MR) is 214 cm³/mol. The van der Waals surface area contributed by atoms with E-state index in [1.807, 2.05) is 6.20 Å². The Labute approximate surface area is 297 Å². The predicted octanol–water partition coefficient (Wildman–Crippen LogP) is 12.4. The summed E-state index contributed by atoms with van der Waals surface area (Å²) in [5.41, 5.74) is 11.5. The minimum atomic E-state index is 0.686. The molecule has 0 amide bonds. The Hall–Kier alpha value is -6.56. The number of hydrogen-bond donors (Lipinski definition) is 0. The first kappa shape index (κ1) is 28.3. The second kappa shape index (κ2) is 11.0. The van der Waals surface area contributed by atoms with Crippen molar-refractivity contribution in [2.45, 2.75) is 0 Å². The third kappa shape index (κ3) is 4.32. The van der Waals surface area contributed by atoms with Gasteiger partial charge in [-0.3, -0.25) is 4.57 Å². The molecule has 11 aromatic rings. The molecule has 4 aromatic heterocycles. The zero-order chi connectivity index (χ0) is 33.5. The second-order valence-corrected chi connectivity index (χ2v) is 14.2. The lowest BCUT2D eigenvalue weighted by molar-refractivity contribution is 1.01. The topological polar surface area (TPSA) is 35.6 Å². The van der Waals surface area contributed by atoms with Gasteiger partial charge in [0.05, 0.1) is 38.5 Å². The molecule has 0 aliphatic carbocycles. The highest BCUT2D eigenvalue weighted by molar-refractivity contribution is 7.25. The highest BCUT2D eigenvalue weighted by Crippen LogP contribution is 2.39. The standard InChI is InChI=1S/C46H28N4S/c1-2-11-29(12-3-1)30-13-10-14-33(25-30)49-39-18-7-5-16-35(39)38-26-31(22-24-41(38)49)32-21-23-36-34-15-4-8-19-40(34)50(42(36)27-32)46-47-28-44-45(48-46)37-17-6-9-20-43(37)51-44/h1-28H. The van der Waals surface area contributed by atoms with E-state index < -0.39 is 0 Å². The van der Waals surface area contributed by atoms with Crippen molar-refractivity contribution in [1.82, 2.24) is 19.1 Å². The van der Waals surface area contributed by atoms with Crippen LogP contribution in [0.5, 0.6) is 0 Å². The van der Waals surface area contributed by atoms with Gasteiger partial charge in [-0.05, 0) is 70.8 Å². The van der Waals surface area contributed by atoms with Crippen LogP contribution in [0.4, 0.5) is 0 Å². The van der Waals surface area contributed by atoms with Gasteiger partial charge in [-0.2, -0.15) is 0 Å². The van der Waals surface area contributed by atoms with Crippen molar-refractivity contribution < 1.29 is 0 Å². The van der Waals surface area contributed by atoms with Crippen LogP contribution in [0.25, 0.3) is 97.8 Å². The molecule has 0 atom stereocenters. The van der Waals surface area contributed by atoms with Gasteiger partial charge in [-0.15, -0.1) is 11.3 Å². The molecule has 4 nitrogen and oxygen atoms in total. The molecule has 4 heterocycles. The Morgan fingerprint density at radius 3 is 1.88 bits per heavy atom. The van der Waals surface area contributed by atoms with Crippen LogP contribution < -0.4 is 0 Å². The van der Waals surface area contributed by atoms with E-state index in [4.69, 9.17) is 9.97 Å². The van der Waals surface area contributed by atoms with Crippen LogP contribution in [0.3, 0.4) is 0 Å². The number of aromatic nitrogens is 4. The maximum atomic E-state index is 5.20. The molecule has 0 aliphatic rings. The molecule has 0 aliphatic heterocycles. The van der Waals surface area contributed by atoms with E-state index in [-0.39, 0.29) is 0 Å². The fourth-order valence-corrected chi connectivity index (χ4v) is 8.87. The van der Waals surface area contributed by atoms with Crippen LogP contribution in [0.1, 0.15) is 0 Å². The first-order chi connectivity index (χ1) is 25.3. The van der Waals surface area contributed by atoms with Gasteiger partial charge in [0.15, 0.2) is 0 Å². The summed E-state index contributed by atoms with van der Waals surface area (Å²) in [6.07, 6.45) is 1.98. The van der Waals surface area contributed by atoms with Crippen LogP contribution >= 0.6 is 11.3 Å². The SMILES string of the molecule is c1ccc(-c2cccc(-n3c4ccccc4c4cc(-c5ccc6c7ccccc7n(-c7ncc8sc9ccccc9c8n7)c6c5)ccc43)c2)cc1. The normalized spacial score (nSPS) is 11.9. The number of rotatable bonds is 4. The van der Waals surface area contributed by atoms with Gasteiger partial charge in [0.25, 0.3) is 0 Å². The van der Waals surface area contributed by atoms with Crippen molar-refractivity contribution in [3.63, 3.8) is 0 Å². The van der Waals surface area contributed by atoms with Gasteiger partial charge in [0.2, 0.25) is 5.95 Å². The Kier molecular flexibility index (Phi) is 6.09. The highest BCUT2D eigenvalue weighted by Gasteiger charge is 2.18. The average molecular weight is 669 g/mol. The van der Waals surface area contributed by atoms with Gasteiger partial charge in [-0.1, -0.05) is 115 Å². The molecule has 11 rings (SSSR count). The summed E-state index contributed by atoms with van der Waals surface area (Å²) < 4.78 is 6.94. The third-order valence-electron chi connectivity index (χ3n) is 10.2. The summed E-state index contributed by atoms with van der Waals surface area (Å²) in [5.74, 6) is 0.686. The number of benzene rings is 7. The summed E-state index contributed by atoms with van der Waals surface area (Å²) in [7, 11) is 0. The van der Waals surface area contributed by atoms with E-state index in [0.717, 1.165) is 32.5 Å². The zero-order valence-electron chi connectivity index (χ0n) is 27.4. The van der Waals surface area contributed by atoms with Gasteiger partial charge in [0.1, 0.15) is 0 Å². The third-order valence-corrected chi connectivity index (χ3v) is 11.3. The van der Waals surface area contributed by atoms with Crippen LogP contribution in [-0.4, -0.2) is 19.1 Å². The number of hydrogen-bond acceptors (Lipinski definition) is 3. The maximum Gasteiger partial charge on any atom is 0.235 e. The summed E-state index contributed by atoms with van der Waals surface area (Å²) in [4.78, 5) is 10.1. The van der Waals surface area contributed by atoms with Gasteiger partial charge in [-0.25, -0.2) is 9.97 Å². The Bertz CT molecular complexity index is 3150. The molecular formula is C46H28N4S. The first-order valence-electron chi connectivity index (χ1n) is 17.2. The molecule has 51 heavy (non-hydrogen) atoms. The fourth-order valence-electron chi connectivity index (χ4n) is 7.86. The molecule has 0 bridgehead atoms. The van der Waals surface area contributed by atoms with Gasteiger partial charge >= 0.3 is 0 Å². The molecule has 0 saturated heterocycles. The van der Waals surface area contributed by atoms with E-state index in [1.54, 1.807) is 11.3 Å². The Morgan fingerprint density at radius 1 is 0.392 bits per heavy atom. The molecular weight excluding hydrogens is 641 g/mol. The molecule has 238 valence electrons. The van der Waals surface area contributed by atoms with Crippen LogP contribution in [0.2, 0.25) is 0 Å². The molecule has 0 N–H and O–H groups in total. The number of nitrogens with zero attached hydrogens (tertiary/aromatic N) is 4. The van der Waals surface area contributed by atoms with E-state index >= 15 is 0 Å². The number of fused-ring (bicyclic) bond motifs is 9. The lowest BCUT2D eigenvalue weighted by atomic mass is 10.0. The maximum absolute atomic E-state index is 5.20.